The fraction of sp³-hybridized carbons (Fsp3) is 0.667. The number of anilines is 2. The summed E-state index contributed by atoms with van der Waals surface area (Å²) >= 11 is 0. The summed E-state index contributed by atoms with van der Waals surface area (Å²) in [7, 11) is 0. The van der Waals surface area contributed by atoms with Crippen molar-refractivity contribution in [3.05, 3.63) is 0 Å². The van der Waals surface area contributed by atoms with E-state index in [4.69, 9.17) is 10.8 Å². The van der Waals surface area contributed by atoms with E-state index in [0.29, 0.717) is 0 Å². The Hall–Kier alpha value is -1.51. The van der Waals surface area contributed by atoms with Gasteiger partial charge in [0.1, 0.15) is 6.54 Å². The minimum Gasteiger partial charge on any atom is -0.395 e. The van der Waals surface area contributed by atoms with E-state index in [-0.39, 0.29) is 18.4 Å². The summed E-state index contributed by atoms with van der Waals surface area (Å²) in [5, 5.41) is 14.3. The van der Waals surface area contributed by atoms with E-state index >= 15 is 0 Å². The Balaban J connectivity index is 2.74. The molecule has 1 aromatic heterocycles. The van der Waals surface area contributed by atoms with Gasteiger partial charge in [0.05, 0.1) is 6.61 Å². The van der Waals surface area contributed by atoms with Crippen LogP contribution < -0.4 is 10.6 Å². The first-order chi connectivity index (χ1) is 6.92. The lowest BCUT2D eigenvalue weighted by atomic mass is 10.5. The summed E-state index contributed by atoms with van der Waals surface area (Å²) in [6.45, 7) is -1.87. The summed E-state index contributed by atoms with van der Waals surface area (Å²) in [6, 6.07) is 0. The van der Waals surface area contributed by atoms with Gasteiger partial charge in [-0.2, -0.15) is 18.2 Å². The number of nitrogen functional groups attached to an aromatic ring is 1. The van der Waals surface area contributed by atoms with Crippen LogP contribution in [-0.4, -0.2) is 46.2 Å². The summed E-state index contributed by atoms with van der Waals surface area (Å²) in [5.41, 5.74) is 5.18. The van der Waals surface area contributed by atoms with Crippen molar-refractivity contribution in [3.63, 3.8) is 0 Å². The maximum atomic E-state index is 12.1. The second-order valence-corrected chi connectivity index (χ2v) is 2.78. The lowest BCUT2D eigenvalue weighted by molar-refractivity contribution is -0.120. The molecule has 0 aliphatic carbocycles. The maximum absolute atomic E-state index is 12.1. The van der Waals surface area contributed by atoms with Gasteiger partial charge in [0.2, 0.25) is 11.9 Å². The summed E-state index contributed by atoms with van der Waals surface area (Å²) in [6.07, 6.45) is -4.38. The third-order valence-electron chi connectivity index (χ3n) is 1.51. The van der Waals surface area contributed by atoms with Crippen LogP contribution in [0.25, 0.3) is 0 Å². The zero-order valence-electron chi connectivity index (χ0n) is 7.62. The first-order valence-electron chi connectivity index (χ1n) is 4.03. The molecule has 0 fully saturated rings. The lowest BCUT2D eigenvalue weighted by Gasteiger charge is -2.20. The van der Waals surface area contributed by atoms with Crippen molar-refractivity contribution in [2.24, 2.45) is 0 Å². The molecule has 15 heavy (non-hydrogen) atoms. The summed E-state index contributed by atoms with van der Waals surface area (Å²) in [5.74, 6) is -0.256. The summed E-state index contributed by atoms with van der Waals surface area (Å²) in [4.78, 5) is 4.32. The second kappa shape index (κ2) is 4.34. The van der Waals surface area contributed by atoms with Crippen molar-refractivity contribution in [2.75, 3.05) is 30.3 Å². The van der Waals surface area contributed by atoms with Gasteiger partial charge in [-0.15, -0.1) is 5.10 Å². The molecule has 0 unspecified atom stereocenters. The Morgan fingerprint density at radius 1 is 1.47 bits per heavy atom. The highest BCUT2D eigenvalue weighted by atomic mass is 19.4. The molecule has 4 N–H and O–H groups in total. The van der Waals surface area contributed by atoms with Gasteiger partial charge in [0.25, 0.3) is 0 Å². The van der Waals surface area contributed by atoms with E-state index in [1.54, 1.807) is 0 Å². The van der Waals surface area contributed by atoms with Crippen molar-refractivity contribution >= 4 is 11.9 Å². The third-order valence-corrected chi connectivity index (χ3v) is 1.51. The van der Waals surface area contributed by atoms with Crippen LogP contribution in [0.15, 0.2) is 0 Å². The molecule has 0 aliphatic rings. The molecule has 0 bridgehead atoms. The van der Waals surface area contributed by atoms with Gasteiger partial charge in [0, 0.05) is 6.54 Å². The average Bonchev–Trinajstić information content (AvgIpc) is 2.48. The van der Waals surface area contributed by atoms with E-state index in [1.165, 1.54) is 0 Å². The molecule has 1 rings (SSSR count). The third kappa shape index (κ3) is 3.62. The molecule has 0 amide bonds. The van der Waals surface area contributed by atoms with E-state index < -0.39 is 19.3 Å². The molecule has 0 spiro atoms. The first-order valence-corrected chi connectivity index (χ1v) is 4.03. The molecular weight excluding hydrogens is 215 g/mol. The minimum atomic E-state index is -4.38. The van der Waals surface area contributed by atoms with E-state index in [1.807, 2.05) is 0 Å². The minimum absolute atomic E-state index is 0.0740. The molecule has 1 aromatic rings. The first kappa shape index (κ1) is 11.6. The van der Waals surface area contributed by atoms with Crippen LogP contribution in [-0.2, 0) is 0 Å². The number of nitrogens with one attached hydrogen (secondary N) is 1. The smallest absolute Gasteiger partial charge is 0.395 e. The van der Waals surface area contributed by atoms with Crippen molar-refractivity contribution in [3.8, 4) is 0 Å². The number of rotatable bonds is 4. The van der Waals surface area contributed by atoms with Crippen molar-refractivity contribution < 1.29 is 18.3 Å². The van der Waals surface area contributed by atoms with Crippen LogP contribution in [0.3, 0.4) is 0 Å². The Bertz CT molecular complexity index is 312. The molecule has 0 aliphatic heterocycles. The van der Waals surface area contributed by atoms with Crippen LogP contribution in [0, 0.1) is 0 Å². The Morgan fingerprint density at radius 3 is 2.53 bits per heavy atom. The zero-order valence-corrected chi connectivity index (χ0v) is 7.62. The molecule has 0 atom stereocenters. The number of nitrogens with zero attached hydrogens (tertiary/aromatic N) is 3. The standard InChI is InChI=1S/C6H10F3N5O/c7-6(8,9)3-14(1-2-15)5-11-4(10)12-13-5/h15H,1-3H2,(H3,10,11,12,13). The Kier molecular flexibility index (Phi) is 3.35. The number of aromatic amines is 1. The highest BCUT2D eigenvalue weighted by Crippen LogP contribution is 2.19. The predicted octanol–water partition coefficient (Wildman–Crippen LogP) is -0.252. The summed E-state index contributed by atoms with van der Waals surface area (Å²) < 4.78 is 36.3. The van der Waals surface area contributed by atoms with Crippen LogP contribution in [0.5, 0.6) is 0 Å². The number of nitrogens with two attached hydrogens (primary N) is 1. The maximum Gasteiger partial charge on any atom is 0.406 e. The normalized spacial score (nSPS) is 11.7. The van der Waals surface area contributed by atoms with Gasteiger partial charge in [-0.1, -0.05) is 0 Å². The Labute approximate surface area is 82.9 Å². The number of halogens is 3. The number of aromatic nitrogens is 3. The van der Waals surface area contributed by atoms with Crippen molar-refractivity contribution in [2.45, 2.75) is 6.18 Å². The van der Waals surface area contributed by atoms with Gasteiger partial charge >= 0.3 is 6.18 Å². The van der Waals surface area contributed by atoms with Gasteiger partial charge in [0.15, 0.2) is 0 Å². The zero-order chi connectivity index (χ0) is 11.5. The van der Waals surface area contributed by atoms with E-state index in [9.17, 15) is 13.2 Å². The average molecular weight is 225 g/mol. The number of H-pyrrole nitrogens is 1. The number of hydrogen-bond donors (Lipinski definition) is 3. The molecule has 0 saturated carbocycles. The number of aliphatic hydroxyl groups is 1. The molecule has 6 nitrogen and oxygen atoms in total. The number of alkyl halides is 3. The van der Waals surface area contributed by atoms with Crippen molar-refractivity contribution in [1.82, 2.24) is 15.2 Å². The molecule has 0 radical (unpaired) electrons. The van der Waals surface area contributed by atoms with E-state index in [2.05, 4.69) is 15.2 Å². The topological polar surface area (TPSA) is 91.1 Å². The molecule has 86 valence electrons. The highest BCUT2D eigenvalue weighted by Gasteiger charge is 2.32. The molecular formula is C6H10F3N5O. The van der Waals surface area contributed by atoms with Crippen LogP contribution in [0.2, 0.25) is 0 Å². The number of hydrogen-bond acceptors (Lipinski definition) is 5. The van der Waals surface area contributed by atoms with E-state index in [0.717, 1.165) is 4.90 Å². The molecule has 0 saturated heterocycles. The van der Waals surface area contributed by atoms with Crippen LogP contribution >= 0.6 is 0 Å². The molecule has 0 aromatic carbocycles. The van der Waals surface area contributed by atoms with Gasteiger partial charge < -0.3 is 15.7 Å². The lowest BCUT2D eigenvalue weighted by Crippen LogP contribution is -2.37. The second-order valence-electron chi connectivity index (χ2n) is 2.78. The fourth-order valence-corrected chi connectivity index (χ4v) is 0.993. The van der Waals surface area contributed by atoms with Gasteiger partial charge in [-0.3, -0.25) is 0 Å². The fourth-order valence-electron chi connectivity index (χ4n) is 0.993. The van der Waals surface area contributed by atoms with Crippen molar-refractivity contribution in [1.29, 1.82) is 0 Å². The largest absolute Gasteiger partial charge is 0.406 e. The van der Waals surface area contributed by atoms with Crippen LogP contribution in [0.4, 0.5) is 25.1 Å². The SMILES string of the molecule is Nc1nc(N(CCO)CC(F)(F)F)n[nH]1. The quantitative estimate of drug-likeness (QED) is 0.657. The van der Waals surface area contributed by atoms with Gasteiger partial charge in [-0.25, -0.2) is 5.10 Å². The Morgan fingerprint density at radius 2 is 2.13 bits per heavy atom. The highest BCUT2D eigenvalue weighted by molar-refractivity contribution is 5.33. The van der Waals surface area contributed by atoms with Gasteiger partial charge in [-0.05, 0) is 0 Å². The number of aliphatic hydroxyl groups excluding tert-OH is 1. The molecule has 1 heterocycles. The monoisotopic (exact) mass is 225 g/mol. The van der Waals surface area contributed by atoms with Crippen LogP contribution in [0.1, 0.15) is 0 Å². The predicted molar refractivity (Wildman–Crippen MR) is 46.1 cm³/mol. The molecule has 9 heteroatoms.